The molecule has 31 heavy (non-hydrogen) atoms. The molecule has 0 aromatic heterocycles. The molecule has 0 atom stereocenters. The number of para-hydroxylation sites is 1. The van der Waals surface area contributed by atoms with Crippen molar-refractivity contribution in [1.29, 1.82) is 5.26 Å². The van der Waals surface area contributed by atoms with E-state index in [0.717, 1.165) is 15.7 Å². The summed E-state index contributed by atoms with van der Waals surface area (Å²) in [5, 5.41) is 8.91. The summed E-state index contributed by atoms with van der Waals surface area (Å²) < 4.78 is 1.44. The fraction of sp³-hybridized carbons (Fsp3) is 0.217. The molecule has 1 aliphatic rings. The number of amides is 2. The van der Waals surface area contributed by atoms with Crippen molar-refractivity contribution in [1.82, 2.24) is 4.90 Å². The molecule has 1 heterocycles. The Bertz CT molecular complexity index is 1050. The minimum atomic E-state index is -0.133. The lowest BCUT2D eigenvalue weighted by Gasteiger charge is -2.22. The fourth-order valence-electron chi connectivity index (χ4n) is 3.13. The Labute approximate surface area is 199 Å². The highest BCUT2D eigenvalue weighted by Gasteiger charge is 2.31. The van der Waals surface area contributed by atoms with Crippen LogP contribution in [0.1, 0.15) is 24.8 Å². The number of thioether (sulfide) groups is 1. The van der Waals surface area contributed by atoms with Crippen LogP contribution in [0.25, 0.3) is 6.08 Å². The predicted octanol–water partition coefficient (Wildman–Crippen LogP) is 5.38. The molecule has 1 fully saturated rings. The first-order valence-corrected chi connectivity index (χ1v) is 11.7. The van der Waals surface area contributed by atoms with Gasteiger partial charge in [-0.1, -0.05) is 70.2 Å². The second-order valence-electron chi connectivity index (χ2n) is 6.78. The van der Waals surface area contributed by atoms with Crippen molar-refractivity contribution in [3.8, 4) is 6.07 Å². The van der Waals surface area contributed by atoms with Crippen LogP contribution in [0.2, 0.25) is 0 Å². The van der Waals surface area contributed by atoms with Crippen molar-refractivity contribution in [2.45, 2.75) is 19.3 Å². The van der Waals surface area contributed by atoms with Crippen LogP contribution >= 0.6 is 39.9 Å². The number of anilines is 1. The zero-order valence-corrected chi connectivity index (χ0v) is 19.9. The molecule has 2 amide bonds. The number of halogens is 1. The van der Waals surface area contributed by atoms with Gasteiger partial charge >= 0.3 is 0 Å². The summed E-state index contributed by atoms with van der Waals surface area (Å²) in [5.41, 5.74) is 1.69. The average Bonchev–Trinajstić information content (AvgIpc) is 3.02. The maximum absolute atomic E-state index is 12.8. The van der Waals surface area contributed by atoms with Crippen molar-refractivity contribution in [2.75, 3.05) is 18.0 Å². The quantitative estimate of drug-likeness (QED) is 0.350. The Morgan fingerprint density at radius 3 is 2.71 bits per heavy atom. The predicted molar refractivity (Wildman–Crippen MR) is 132 cm³/mol. The van der Waals surface area contributed by atoms with Crippen LogP contribution in [0.5, 0.6) is 0 Å². The first-order valence-electron chi connectivity index (χ1n) is 9.73. The van der Waals surface area contributed by atoms with Crippen molar-refractivity contribution in [3.63, 3.8) is 0 Å². The zero-order valence-electron chi connectivity index (χ0n) is 16.7. The van der Waals surface area contributed by atoms with E-state index in [1.165, 1.54) is 11.8 Å². The lowest BCUT2D eigenvalue weighted by molar-refractivity contribution is -0.123. The highest BCUT2D eigenvalue weighted by atomic mass is 79.9. The van der Waals surface area contributed by atoms with E-state index in [-0.39, 0.29) is 24.7 Å². The summed E-state index contributed by atoms with van der Waals surface area (Å²) in [6, 6.07) is 19.1. The van der Waals surface area contributed by atoms with E-state index in [1.54, 1.807) is 9.80 Å². The number of carbonyl (C=O) groups excluding carboxylic acids is 2. The zero-order chi connectivity index (χ0) is 22.2. The third-order valence-electron chi connectivity index (χ3n) is 4.61. The van der Waals surface area contributed by atoms with E-state index in [2.05, 4.69) is 22.0 Å². The number of thiocarbonyl (C=S) groups is 1. The van der Waals surface area contributed by atoms with Gasteiger partial charge in [-0.25, -0.2) is 0 Å². The van der Waals surface area contributed by atoms with Gasteiger partial charge < -0.3 is 4.90 Å². The maximum atomic E-state index is 12.8. The summed E-state index contributed by atoms with van der Waals surface area (Å²) >= 11 is 10.1. The number of hydrogen-bond acceptors (Lipinski definition) is 5. The maximum Gasteiger partial charge on any atom is 0.266 e. The molecule has 0 spiro atoms. The van der Waals surface area contributed by atoms with Crippen molar-refractivity contribution in [3.05, 3.63) is 69.5 Å². The molecule has 0 saturated carbocycles. The lowest BCUT2D eigenvalue weighted by atomic mass is 10.2. The van der Waals surface area contributed by atoms with Gasteiger partial charge in [-0.2, -0.15) is 5.26 Å². The van der Waals surface area contributed by atoms with Gasteiger partial charge in [-0.3, -0.25) is 14.5 Å². The second-order valence-corrected chi connectivity index (χ2v) is 9.37. The molecule has 0 radical (unpaired) electrons. The smallest absolute Gasteiger partial charge is 0.266 e. The Kier molecular flexibility index (Phi) is 8.41. The molecule has 5 nitrogen and oxygen atoms in total. The monoisotopic (exact) mass is 513 g/mol. The van der Waals surface area contributed by atoms with E-state index in [4.69, 9.17) is 17.5 Å². The van der Waals surface area contributed by atoms with Gasteiger partial charge in [0.1, 0.15) is 4.32 Å². The molecule has 1 saturated heterocycles. The van der Waals surface area contributed by atoms with Gasteiger partial charge in [-0.05, 0) is 42.3 Å². The molecule has 0 bridgehead atoms. The summed E-state index contributed by atoms with van der Waals surface area (Å²) in [7, 11) is 0. The van der Waals surface area contributed by atoms with Gasteiger partial charge in [0.25, 0.3) is 5.91 Å². The summed E-state index contributed by atoms with van der Waals surface area (Å²) in [6.07, 6.45) is 2.84. The fourth-order valence-corrected chi connectivity index (χ4v) is 4.86. The van der Waals surface area contributed by atoms with E-state index in [0.29, 0.717) is 28.7 Å². The van der Waals surface area contributed by atoms with E-state index >= 15 is 0 Å². The van der Waals surface area contributed by atoms with Crippen LogP contribution < -0.4 is 4.90 Å². The third-order valence-corrected chi connectivity index (χ3v) is 6.48. The Balaban J connectivity index is 1.60. The van der Waals surface area contributed by atoms with Crippen LogP contribution in [-0.2, 0) is 9.59 Å². The molecule has 2 aromatic rings. The first-order chi connectivity index (χ1) is 15.0. The highest BCUT2D eigenvalue weighted by molar-refractivity contribution is 9.10. The lowest BCUT2D eigenvalue weighted by Crippen LogP contribution is -2.33. The largest absolute Gasteiger partial charge is 0.311 e. The summed E-state index contributed by atoms with van der Waals surface area (Å²) in [5.74, 6) is -0.205. The minimum Gasteiger partial charge on any atom is -0.311 e. The van der Waals surface area contributed by atoms with Gasteiger partial charge in [0, 0.05) is 29.7 Å². The number of rotatable bonds is 8. The topological polar surface area (TPSA) is 64.4 Å². The number of hydrogen-bond donors (Lipinski definition) is 0. The van der Waals surface area contributed by atoms with Gasteiger partial charge in [0.15, 0.2) is 0 Å². The van der Waals surface area contributed by atoms with Crippen molar-refractivity contribution in [2.24, 2.45) is 0 Å². The number of nitriles is 1. The molecule has 2 aromatic carbocycles. The molecule has 1 aliphatic heterocycles. The van der Waals surface area contributed by atoms with E-state index in [9.17, 15) is 9.59 Å². The van der Waals surface area contributed by atoms with E-state index < -0.39 is 0 Å². The molecular weight excluding hydrogens is 494 g/mol. The van der Waals surface area contributed by atoms with Gasteiger partial charge in [-0.15, -0.1) is 0 Å². The Morgan fingerprint density at radius 1 is 1.23 bits per heavy atom. The minimum absolute atomic E-state index is 0.0726. The van der Waals surface area contributed by atoms with Crippen LogP contribution in [0.15, 0.2) is 64.0 Å². The Hall–Kier alpha value is -2.47. The van der Waals surface area contributed by atoms with Gasteiger partial charge in [0.05, 0.1) is 17.4 Å². The molecule has 3 rings (SSSR count). The van der Waals surface area contributed by atoms with Crippen LogP contribution in [0.3, 0.4) is 0 Å². The Morgan fingerprint density at radius 2 is 2.00 bits per heavy atom. The summed E-state index contributed by atoms with van der Waals surface area (Å²) in [6.45, 7) is 0.725. The molecular formula is C23H20BrN3O2S2. The third kappa shape index (κ3) is 6.26. The molecule has 0 aliphatic carbocycles. The van der Waals surface area contributed by atoms with Crippen LogP contribution in [-0.4, -0.2) is 34.1 Å². The molecule has 8 heteroatoms. The number of nitrogens with zero attached hydrogens (tertiary/aromatic N) is 3. The van der Waals surface area contributed by atoms with Crippen LogP contribution in [0.4, 0.5) is 5.69 Å². The standard InChI is InChI=1S/C23H20BrN3O2S2/c24-18-8-4-7-17(15-18)16-20-22(29)27(23(30)31-20)13-5-11-21(28)26(14-6-12-25)19-9-2-1-3-10-19/h1-4,7-10,15-16H,5-6,11,13-14H2/b20-16+. The molecule has 0 unspecified atom stereocenters. The SMILES string of the molecule is N#CCCN(C(=O)CCCN1C(=O)/C(=C\c2cccc(Br)c2)SC1=S)c1ccccc1. The normalized spacial score (nSPS) is 14.7. The number of benzene rings is 2. The second kappa shape index (κ2) is 11.2. The van der Waals surface area contributed by atoms with E-state index in [1.807, 2.05) is 60.7 Å². The van der Waals surface area contributed by atoms with Gasteiger partial charge in [0.2, 0.25) is 5.91 Å². The molecule has 0 N–H and O–H groups in total. The number of carbonyl (C=O) groups is 2. The first kappa shape index (κ1) is 23.2. The average molecular weight is 514 g/mol. The van der Waals surface area contributed by atoms with Crippen molar-refractivity contribution >= 4 is 67.8 Å². The summed E-state index contributed by atoms with van der Waals surface area (Å²) in [4.78, 5) is 29.3. The van der Waals surface area contributed by atoms with Crippen molar-refractivity contribution < 1.29 is 9.59 Å². The molecule has 158 valence electrons. The van der Waals surface area contributed by atoms with Crippen LogP contribution in [0, 0.1) is 11.3 Å². The highest BCUT2D eigenvalue weighted by Crippen LogP contribution is 2.33.